The Balaban J connectivity index is 0.861. The first kappa shape index (κ1) is 60.8. The molecule has 28 nitrogen and oxygen atoms in total. The van der Waals surface area contributed by atoms with Crippen LogP contribution in [0.25, 0.3) is 0 Å². The number of amides is 6. The van der Waals surface area contributed by atoms with Gasteiger partial charge in [0.2, 0.25) is 0 Å². The average Bonchev–Trinajstić information content (AvgIpc) is 3.39. The van der Waals surface area contributed by atoms with Gasteiger partial charge in [-0.3, -0.25) is 30.2 Å². The van der Waals surface area contributed by atoms with Gasteiger partial charge in [0.1, 0.15) is 24.7 Å². The van der Waals surface area contributed by atoms with E-state index < -0.39 is 11.8 Å². The Kier molecular flexibility index (Phi) is 27.7. The van der Waals surface area contributed by atoms with Crippen molar-refractivity contribution in [1.82, 2.24) is 51.8 Å². The van der Waals surface area contributed by atoms with Crippen LogP contribution in [0.15, 0.2) is 58.5 Å². The molecule has 6 amide bonds. The van der Waals surface area contributed by atoms with Gasteiger partial charge in [-0.05, 0) is 61.1 Å². The number of aliphatic imine (C=N–C) groups is 2. The van der Waals surface area contributed by atoms with E-state index in [1.54, 1.807) is 0 Å². The highest BCUT2D eigenvalue weighted by Gasteiger charge is 2.18. The number of nitrogens with zero attached hydrogens (tertiary/aromatic N) is 6. The number of aromatic nitrogens is 4. The lowest BCUT2D eigenvalue weighted by molar-refractivity contribution is 0.0377. The van der Waals surface area contributed by atoms with Crippen molar-refractivity contribution < 1.29 is 47.6 Å². The molecule has 414 valence electrons. The quantitative estimate of drug-likeness (QED) is 0.0174. The number of hydrogen-bond donors (Lipinski definition) is 12. The summed E-state index contributed by atoms with van der Waals surface area (Å²) in [5, 5.41) is 15.5. The van der Waals surface area contributed by atoms with E-state index in [1.807, 2.05) is 48.5 Å². The van der Waals surface area contributed by atoms with Crippen LogP contribution in [0.3, 0.4) is 0 Å². The number of nitrogen functional groups attached to an aromatic ring is 4. The normalized spacial score (nSPS) is 11.4. The molecular weight excluding hydrogens is 1040 g/mol. The fourth-order valence-corrected chi connectivity index (χ4v) is 6.35. The highest BCUT2D eigenvalue weighted by molar-refractivity contribution is 6.32. The van der Waals surface area contributed by atoms with Crippen molar-refractivity contribution >= 4 is 82.3 Å². The summed E-state index contributed by atoms with van der Waals surface area (Å²) in [7, 11) is 0. The number of carbonyl (C=O) groups is 4. The number of halogens is 2. The molecule has 30 heteroatoms. The summed E-state index contributed by atoms with van der Waals surface area (Å²) >= 11 is 11.6. The van der Waals surface area contributed by atoms with E-state index in [4.69, 9.17) is 86.0 Å². The van der Waals surface area contributed by atoms with Gasteiger partial charge >= 0.3 is 12.1 Å². The molecule has 4 rings (SSSR count). The molecule has 2 aromatic heterocycles. The molecule has 0 fully saturated rings. The predicted octanol–water partition coefficient (Wildman–Crippen LogP) is 0.379. The molecule has 0 aliphatic rings. The van der Waals surface area contributed by atoms with Gasteiger partial charge in [-0.2, -0.15) is 0 Å². The number of guanidine groups is 2. The summed E-state index contributed by atoms with van der Waals surface area (Å²) in [6, 6.07) is 14.3. The number of nitrogens with two attached hydrogens (primary N) is 6. The zero-order valence-corrected chi connectivity index (χ0v) is 43.3. The molecule has 2 heterocycles. The van der Waals surface area contributed by atoms with Crippen molar-refractivity contribution in [2.24, 2.45) is 21.5 Å². The number of rotatable bonds is 33. The summed E-state index contributed by atoms with van der Waals surface area (Å²) in [5.74, 6) is -0.853. The summed E-state index contributed by atoms with van der Waals surface area (Å²) in [4.78, 5) is 72.3. The standard InChI is InChI=1S/C46H66Cl2N18O10/c47-35-39(51)63-37(49)33(61-35)41(67)65-43(53)55-15-11-29-3-7-31(8-4-29)75-27-25-73-23-21-71-19-17-59-45(69)57-13-1-2-14-58-46(70)60-18-20-72-22-24-74-26-28-76-32-9-5-30(6-10-32)12-16-56-44(54)66-42(68)34-38(50)64-40(52)36(48)62-34/h3-10H,1-2,11-28H2,(H4,49,51,63)(H4,50,52,64)(H2,57,59,69)(H2,58,60,70)(H3,53,55,65,67)(H3,54,56,66,68). The molecule has 0 aliphatic carbocycles. The third-order valence-corrected chi connectivity index (χ3v) is 10.5. The highest BCUT2D eigenvalue weighted by Crippen LogP contribution is 2.19. The van der Waals surface area contributed by atoms with Crippen molar-refractivity contribution in [1.29, 1.82) is 0 Å². The number of ether oxygens (including phenoxy) is 6. The van der Waals surface area contributed by atoms with Crippen molar-refractivity contribution in [2.75, 3.05) is 128 Å². The maximum Gasteiger partial charge on any atom is 0.314 e. The van der Waals surface area contributed by atoms with Crippen molar-refractivity contribution in [2.45, 2.75) is 25.7 Å². The van der Waals surface area contributed by atoms with Gasteiger partial charge in [0.05, 0.1) is 52.9 Å². The molecule has 18 N–H and O–H groups in total. The maximum atomic E-state index is 12.4. The fourth-order valence-electron chi connectivity index (χ4n) is 6.10. The van der Waals surface area contributed by atoms with E-state index in [2.05, 4.69) is 61.8 Å². The zero-order valence-electron chi connectivity index (χ0n) is 41.7. The Morgan fingerprint density at radius 3 is 1.18 bits per heavy atom. The Morgan fingerprint density at radius 1 is 0.461 bits per heavy atom. The van der Waals surface area contributed by atoms with Gasteiger partial charge < -0.3 is 84.1 Å². The highest BCUT2D eigenvalue weighted by atomic mass is 35.5. The van der Waals surface area contributed by atoms with Crippen LogP contribution in [0.4, 0.5) is 32.9 Å². The lowest BCUT2D eigenvalue weighted by Gasteiger charge is -2.10. The molecule has 0 saturated carbocycles. The molecule has 0 aliphatic heterocycles. The number of carbonyl (C=O) groups excluding carboxylic acids is 4. The van der Waals surface area contributed by atoms with Crippen molar-refractivity contribution in [3.63, 3.8) is 0 Å². The minimum Gasteiger partial charge on any atom is -0.491 e. The van der Waals surface area contributed by atoms with Crippen molar-refractivity contribution in [3.8, 4) is 11.5 Å². The predicted molar refractivity (Wildman–Crippen MR) is 286 cm³/mol. The smallest absolute Gasteiger partial charge is 0.314 e. The van der Waals surface area contributed by atoms with Gasteiger partial charge in [0.25, 0.3) is 11.8 Å². The summed E-state index contributed by atoms with van der Waals surface area (Å²) in [6.45, 7) is 5.71. The number of nitrogens with one attached hydrogen (secondary N) is 6. The molecule has 0 saturated heterocycles. The molecule has 4 aromatic rings. The fraction of sp³-hybridized carbons (Fsp3) is 0.435. The Morgan fingerprint density at radius 2 is 0.803 bits per heavy atom. The number of anilines is 4. The molecule has 0 unspecified atom stereocenters. The Labute approximate surface area is 448 Å². The largest absolute Gasteiger partial charge is 0.491 e. The Hall–Kier alpha value is -7.76. The second-order valence-corrected chi connectivity index (χ2v) is 16.4. The van der Waals surface area contributed by atoms with Crippen LogP contribution in [0.1, 0.15) is 44.9 Å². The van der Waals surface area contributed by atoms with Crippen LogP contribution in [-0.4, -0.2) is 161 Å². The molecule has 0 bridgehead atoms. The molecule has 0 spiro atoms. The second kappa shape index (κ2) is 34.7. The van der Waals surface area contributed by atoms with Crippen LogP contribution in [0, 0.1) is 0 Å². The van der Waals surface area contributed by atoms with Crippen molar-refractivity contribution in [3.05, 3.63) is 81.4 Å². The zero-order chi connectivity index (χ0) is 54.9. The molecule has 0 radical (unpaired) electrons. The van der Waals surface area contributed by atoms with Crippen LogP contribution in [-0.2, 0) is 31.8 Å². The first-order valence-corrected chi connectivity index (χ1v) is 24.6. The lowest BCUT2D eigenvalue weighted by Crippen LogP contribution is -2.39. The van der Waals surface area contributed by atoms with E-state index in [9.17, 15) is 19.2 Å². The first-order chi connectivity index (χ1) is 36.7. The number of hydrogen-bond acceptors (Lipinski definition) is 20. The number of unbranched alkanes of at least 4 members (excludes halogenated alkanes) is 1. The average molecular weight is 1100 g/mol. The van der Waals surface area contributed by atoms with E-state index in [0.29, 0.717) is 143 Å². The summed E-state index contributed by atoms with van der Waals surface area (Å²) < 4.78 is 33.5. The van der Waals surface area contributed by atoms with Crippen LogP contribution < -0.4 is 75.8 Å². The molecule has 76 heavy (non-hydrogen) atoms. The third kappa shape index (κ3) is 24.5. The van der Waals surface area contributed by atoms with Gasteiger partial charge in [-0.15, -0.1) is 0 Å². The first-order valence-electron chi connectivity index (χ1n) is 23.9. The van der Waals surface area contributed by atoms with Gasteiger partial charge in [0, 0.05) is 39.3 Å². The van der Waals surface area contributed by atoms with Crippen LogP contribution in [0.5, 0.6) is 11.5 Å². The molecule has 0 atom stereocenters. The molecule has 2 aromatic carbocycles. The van der Waals surface area contributed by atoms with Crippen LogP contribution in [0.2, 0.25) is 10.3 Å². The van der Waals surface area contributed by atoms with E-state index >= 15 is 0 Å². The van der Waals surface area contributed by atoms with E-state index in [0.717, 1.165) is 11.1 Å². The minimum atomic E-state index is -0.712. The monoisotopic (exact) mass is 1100 g/mol. The van der Waals surface area contributed by atoms with Gasteiger partial charge in [0.15, 0.2) is 56.9 Å². The van der Waals surface area contributed by atoms with Crippen LogP contribution >= 0.6 is 23.2 Å². The summed E-state index contributed by atoms with van der Waals surface area (Å²) in [6.07, 6.45) is 2.48. The third-order valence-electron chi connectivity index (χ3n) is 9.91. The SMILES string of the molecule is NC(=NCCc1ccc(OCCOCCOCCNC(=O)NCCCCNC(=O)NCCOCCOCCOc2ccc(CCN=C(N)NC(=O)c3nc(Cl)c(N)nc3N)cc2)cc1)NC(=O)c1nc(Cl)c(N)nc1N. The van der Waals surface area contributed by atoms with Gasteiger partial charge in [-0.25, -0.2) is 29.5 Å². The maximum absolute atomic E-state index is 12.4. The number of benzene rings is 2. The lowest BCUT2D eigenvalue weighted by atomic mass is 10.1. The minimum absolute atomic E-state index is 0.0908. The van der Waals surface area contributed by atoms with Gasteiger partial charge in [-0.1, -0.05) is 47.5 Å². The Bertz CT molecular complexity index is 2340. The number of urea groups is 2. The topological polar surface area (TPSA) is 428 Å². The molecular formula is C46H66Cl2N18O10. The van der Waals surface area contributed by atoms with E-state index in [-0.39, 0.29) is 68.9 Å². The van der Waals surface area contributed by atoms with E-state index in [1.165, 1.54) is 0 Å². The second-order valence-electron chi connectivity index (χ2n) is 15.7. The summed E-state index contributed by atoms with van der Waals surface area (Å²) in [5.41, 5.74) is 35.6.